The van der Waals surface area contributed by atoms with Crippen LogP contribution in [0.3, 0.4) is 0 Å². The fraction of sp³-hybridized carbons (Fsp3) is 0.500. The third-order valence-electron chi connectivity index (χ3n) is 2.44. The summed E-state index contributed by atoms with van der Waals surface area (Å²) in [7, 11) is 0. The van der Waals surface area contributed by atoms with Gasteiger partial charge in [-0.25, -0.2) is 4.39 Å². The Kier molecular flexibility index (Phi) is 5.32. The number of halogens is 2. The summed E-state index contributed by atoms with van der Waals surface area (Å²) in [5.74, 6) is -0.858. The van der Waals surface area contributed by atoms with Crippen LogP contribution < -0.4 is 5.32 Å². The second-order valence-electron chi connectivity index (χ2n) is 5.55. The number of carbonyl (C=O) groups excluding carboxylic acids is 1. The van der Waals surface area contributed by atoms with Crippen molar-refractivity contribution < 1.29 is 9.18 Å². The molecule has 4 heteroatoms. The summed E-state index contributed by atoms with van der Waals surface area (Å²) >= 11 is 3.52. The summed E-state index contributed by atoms with van der Waals surface area (Å²) < 4.78 is 13.4. The Balaban J connectivity index is 2.50. The van der Waals surface area contributed by atoms with Crippen LogP contribution >= 0.6 is 15.9 Å². The van der Waals surface area contributed by atoms with Crippen molar-refractivity contribution in [3.63, 3.8) is 0 Å². The molecule has 1 atom stereocenters. The van der Waals surface area contributed by atoms with Crippen molar-refractivity contribution in [2.45, 2.75) is 32.0 Å². The number of nitrogens with one attached hydrogen (secondary N) is 1. The molecule has 0 radical (unpaired) electrons. The fourth-order valence-electron chi connectivity index (χ4n) is 1.68. The SMILES string of the molecule is CC(C)(C)CC(Br)CNC(=O)c1ccccc1F. The molecule has 0 aliphatic rings. The predicted octanol–water partition coefficient (Wildman–Crippen LogP) is 3.76. The Bertz CT molecular complexity index is 415. The molecule has 0 aliphatic heterocycles. The van der Waals surface area contributed by atoms with E-state index in [4.69, 9.17) is 0 Å². The zero-order chi connectivity index (χ0) is 13.8. The van der Waals surface area contributed by atoms with Gasteiger partial charge in [-0.1, -0.05) is 48.8 Å². The van der Waals surface area contributed by atoms with E-state index < -0.39 is 5.82 Å². The minimum Gasteiger partial charge on any atom is -0.351 e. The van der Waals surface area contributed by atoms with Crippen molar-refractivity contribution in [1.29, 1.82) is 0 Å². The van der Waals surface area contributed by atoms with Crippen LogP contribution in [0.1, 0.15) is 37.6 Å². The van der Waals surface area contributed by atoms with Crippen LogP contribution in [0.25, 0.3) is 0 Å². The number of benzene rings is 1. The second-order valence-corrected chi connectivity index (χ2v) is 6.85. The minimum absolute atomic E-state index is 0.0907. The number of rotatable bonds is 4. The number of hydrogen-bond acceptors (Lipinski definition) is 1. The molecule has 1 unspecified atom stereocenters. The molecule has 0 fully saturated rings. The Morgan fingerprint density at radius 3 is 2.56 bits per heavy atom. The van der Waals surface area contributed by atoms with Crippen LogP contribution in [-0.2, 0) is 0 Å². The zero-order valence-electron chi connectivity index (χ0n) is 11.0. The molecule has 0 heterocycles. The normalized spacial score (nSPS) is 13.2. The van der Waals surface area contributed by atoms with E-state index in [0.717, 1.165) is 6.42 Å². The van der Waals surface area contributed by atoms with Crippen molar-refractivity contribution in [3.05, 3.63) is 35.6 Å². The van der Waals surface area contributed by atoms with Gasteiger partial charge in [0, 0.05) is 11.4 Å². The molecule has 2 nitrogen and oxygen atoms in total. The van der Waals surface area contributed by atoms with Crippen molar-refractivity contribution in [3.8, 4) is 0 Å². The average molecular weight is 316 g/mol. The molecule has 0 spiro atoms. The Morgan fingerprint density at radius 1 is 1.39 bits per heavy atom. The summed E-state index contributed by atoms with van der Waals surface area (Å²) in [6.45, 7) is 6.91. The van der Waals surface area contributed by atoms with Gasteiger partial charge in [-0.05, 0) is 24.0 Å². The van der Waals surface area contributed by atoms with E-state index in [9.17, 15) is 9.18 Å². The molecule has 0 saturated heterocycles. The maximum Gasteiger partial charge on any atom is 0.254 e. The van der Waals surface area contributed by atoms with Crippen molar-refractivity contribution in [1.82, 2.24) is 5.32 Å². The zero-order valence-corrected chi connectivity index (χ0v) is 12.6. The highest BCUT2D eigenvalue weighted by atomic mass is 79.9. The minimum atomic E-state index is -0.489. The lowest BCUT2D eigenvalue weighted by atomic mass is 9.90. The number of alkyl halides is 1. The van der Waals surface area contributed by atoms with Crippen LogP contribution in [0.2, 0.25) is 0 Å². The van der Waals surface area contributed by atoms with E-state index in [-0.39, 0.29) is 21.7 Å². The number of hydrogen-bond donors (Lipinski definition) is 1. The van der Waals surface area contributed by atoms with E-state index in [1.54, 1.807) is 12.1 Å². The third kappa shape index (κ3) is 5.17. The summed E-state index contributed by atoms with van der Waals surface area (Å²) in [6.07, 6.45) is 0.935. The van der Waals surface area contributed by atoms with Gasteiger partial charge in [0.1, 0.15) is 5.82 Å². The van der Waals surface area contributed by atoms with Crippen LogP contribution in [0.4, 0.5) is 4.39 Å². The largest absolute Gasteiger partial charge is 0.351 e. The Labute approximate surface area is 116 Å². The molecule has 1 aromatic carbocycles. The van der Waals surface area contributed by atoms with Gasteiger partial charge in [-0.2, -0.15) is 0 Å². The van der Waals surface area contributed by atoms with Gasteiger partial charge in [0.15, 0.2) is 0 Å². The highest BCUT2D eigenvalue weighted by Gasteiger charge is 2.18. The molecular weight excluding hydrogens is 297 g/mol. The Morgan fingerprint density at radius 2 is 2.00 bits per heavy atom. The topological polar surface area (TPSA) is 29.1 Å². The van der Waals surface area contributed by atoms with Crippen LogP contribution in [0, 0.1) is 11.2 Å². The molecular formula is C14H19BrFNO. The first kappa shape index (κ1) is 15.2. The molecule has 1 amide bonds. The molecule has 0 aromatic heterocycles. The molecule has 0 saturated carbocycles. The number of carbonyl (C=O) groups is 1. The summed E-state index contributed by atoms with van der Waals surface area (Å²) in [5.41, 5.74) is 0.282. The van der Waals surface area contributed by atoms with Crippen molar-refractivity contribution in [2.75, 3.05) is 6.54 Å². The first-order valence-electron chi connectivity index (χ1n) is 5.96. The quantitative estimate of drug-likeness (QED) is 0.842. The van der Waals surface area contributed by atoms with Gasteiger partial charge in [0.05, 0.1) is 5.56 Å². The van der Waals surface area contributed by atoms with Crippen molar-refractivity contribution in [2.24, 2.45) is 5.41 Å². The van der Waals surface area contributed by atoms with Crippen LogP contribution in [0.5, 0.6) is 0 Å². The van der Waals surface area contributed by atoms with Gasteiger partial charge in [0.25, 0.3) is 5.91 Å². The number of amides is 1. The average Bonchev–Trinajstić information content (AvgIpc) is 2.24. The lowest BCUT2D eigenvalue weighted by Crippen LogP contribution is -2.31. The fourth-order valence-corrected chi connectivity index (χ4v) is 2.81. The summed E-state index contributed by atoms with van der Waals surface area (Å²) in [4.78, 5) is 12.0. The summed E-state index contributed by atoms with van der Waals surface area (Å²) in [6, 6.07) is 5.99. The van der Waals surface area contributed by atoms with Crippen LogP contribution in [0.15, 0.2) is 24.3 Å². The lowest BCUT2D eigenvalue weighted by molar-refractivity contribution is 0.0948. The van der Waals surface area contributed by atoms with E-state index >= 15 is 0 Å². The van der Waals surface area contributed by atoms with E-state index in [2.05, 4.69) is 42.0 Å². The third-order valence-corrected chi connectivity index (χ3v) is 3.08. The van der Waals surface area contributed by atoms with Crippen molar-refractivity contribution >= 4 is 21.8 Å². The first-order valence-corrected chi connectivity index (χ1v) is 6.88. The Hall–Kier alpha value is -0.900. The van der Waals surface area contributed by atoms with Gasteiger partial charge < -0.3 is 5.32 Å². The molecule has 0 bridgehead atoms. The molecule has 1 N–H and O–H groups in total. The standard InChI is InChI=1S/C14H19BrFNO/c1-14(2,3)8-10(15)9-17-13(18)11-6-4-5-7-12(11)16/h4-7,10H,8-9H2,1-3H3,(H,17,18). The van der Waals surface area contributed by atoms with E-state index in [0.29, 0.717) is 6.54 Å². The van der Waals surface area contributed by atoms with Crippen LogP contribution in [-0.4, -0.2) is 17.3 Å². The van der Waals surface area contributed by atoms with E-state index in [1.807, 2.05) is 0 Å². The highest BCUT2D eigenvalue weighted by molar-refractivity contribution is 9.09. The highest BCUT2D eigenvalue weighted by Crippen LogP contribution is 2.24. The maximum absolute atomic E-state index is 13.4. The molecule has 18 heavy (non-hydrogen) atoms. The lowest BCUT2D eigenvalue weighted by Gasteiger charge is -2.22. The first-order chi connectivity index (χ1) is 8.29. The van der Waals surface area contributed by atoms with Gasteiger partial charge in [-0.3, -0.25) is 4.79 Å². The molecule has 0 aliphatic carbocycles. The molecule has 1 rings (SSSR count). The smallest absolute Gasteiger partial charge is 0.254 e. The van der Waals surface area contributed by atoms with Gasteiger partial charge in [-0.15, -0.1) is 0 Å². The summed E-state index contributed by atoms with van der Waals surface area (Å²) in [5, 5.41) is 2.74. The molecule has 100 valence electrons. The van der Waals surface area contributed by atoms with E-state index in [1.165, 1.54) is 12.1 Å². The second kappa shape index (κ2) is 6.32. The van der Waals surface area contributed by atoms with Gasteiger partial charge in [0.2, 0.25) is 0 Å². The van der Waals surface area contributed by atoms with Gasteiger partial charge >= 0.3 is 0 Å². The monoisotopic (exact) mass is 315 g/mol. The predicted molar refractivity (Wildman–Crippen MR) is 75.5 cm³/mol. The molecule has 1 aromatic rings. The maximum atomic E-state index is 13.4.